The van der Waals surface area contributed by atoms with Gasteiger partial charge in [-0.15, -0.1) is 0 Å². The van der Waals surface area contributed by atoms with Crippen LogP contribution in [0.2, 0.25) is 0 Å². The Bertz CT molecular complexity index is 253. The summed E-state index contributed by atoms with van der Waals surface area (Å²) < 4.78 is 5.03. The molecule has 0 aromatic heterocycles. The third kappa shape index (κ3) is 4.65. The standard InChI is InChI=1S/C13H23NO2/c1-5-7-8-9-11(12(15)16-6-2)13(3,4)10-14/h11H,5-9H2,1-4H3. The molecule has 1 unspecified atom stereocenters. The first kappa shape index (κ1) is 15.0. The van der Waals surface area contributed by atoms with Crippen molar-refractivity contribution in [3.8, 4) is 6.07 Å². The van der Waals surface area contributed by atoms with E-state index in [0.717, 1.165) is 25.7 Å². The van der Waals surface area contributed by atoms with E-state index in [1.165, 1.54) is 0 Å². The second kappa shape index (κ2) is 7.27. The Balaban J connectivity index is 4.52. The SMILES string of the molecule is CCCCCC(C(=O)OCC)C(C)(C)C#N. The van der Waals surface area contributed by atoms with Crippen molar-refractivity contribution in [1.82, 2.24) is 0 Å². The van der Waals surface area contributed by atoms with Crippen LogP contribution in [0.4, 0.5) is 0 Å². The number of hydrogen-bond donors (Lipinski definition) is 0. The third-order valence-electron chi connectivity index (χ3n) is 2.83. The summed E-state index contributed by atoms with van der Waals surface area (Å²) in [6.07, 6.45) is 3.93. The summed E-state index contributed by atoms with van der Waals surface area (Å²) in [6.45, 7) is 7.90. The lowest BCUT2D eigenvalue weighted by atomic mass is 9.77. The zero-order valence-corrected chi connectivity index (χ0v) is 10.9. The van der Waals surface area contributed by atoms with Crippen molar-refractivity contribution in [2.45, 2.75) is 53.4 Å². The summed E-state index contributed by atoms with van der Waals surface area (Å²) in [5.41, 5.74) is -0.639. The van der Waals surface area contributed by atoms with Gasteiger partial charge in [-0.1, -0.05) is 26.2 Å². The molecule has 3 nitrogen and oxygen atoms in total. The van der Waals surface area contributed by atoms with E-state index in [0.29, 0.717) is 6.61 Å². The fourth-order valence-electron chi connectivity index (χ4n) is 1.69. The van der Waals surface area contributed by atoms with Crippen LogP contribution >= 0.6 is 0 Å². The molecule has 1 atom stereocenters. The number of esters is 1. The van der Waals surface area contributed by atoms with E-state index in [1.54, 1.807) is 20.8 Å². The first-order valence-corrected chi connectivity index (χ1v) is 6.07. The molecular weight excluding hydrogens is 202 g/mol. The largest absolute Gasteiger partial charge is 0.466 e. The van der Waals surface area contributed by atoms with Gasteiger partial charge in [0.1, 0.15) is 0 Å². The van der Waals surface area contributed by atoms with Crippen molar-refractivity contribution in [3.63, 3.8) is 0 Å². The number of nitriles is 1. The van der Waals surface area contributed by atoms with E-state index in [1.807, 2.05) is 0 Å². The lowest BCUT2D eigenvalue weighted by Gasteiger charge is -2.26. The van der Waals surface area contributed by atoms with Crippen LogP contribution in [0.1, 0.15) is 53.4 Å². The minimum atomic E-state index is -0.639. The zero-order chi connectivity index (χ0) is 12.6. The van der Waals surface area contributed by atoms with Crippen LogP contribution < -0.4 is 0 Å². The molecule has 0 N–H and O–H groups in total. The number of hydrogen-bond acceptors (Lipinski definition) is 3. The van der Waals surface area contributed by atoms with Crippen molar-refractivity contribution >= 4 is 5.97 Å². The molecule has 0 spiro atoms. The molecule has 0 aromatic carbocycles. The summed E-state index contributed by atoms with van der Waals surface area (Å²) in [6, 6.07) is 2.21. The van der Waals surface area contributed by atoms with Crippen LogP contribution in [0.25, 0.3) is 0 Å². The maximum atomic E-state index is 11.8. The highest BCUT2D eigenvalue weighted by Crippen LogP contribution is 2.31. The van der Waals surface area contributed by atoms with Crippen LogP contribution in [0.5, 0.6) is 0 Å². The van der Waals surface area contributed by atoms with Gasteiger partial charge >= 0.3 is 5.97 Å². The summed E-state index contributed by atoms with van der Waals surface area (Å²) >= 11 is 0. The third-order valence-corrected chi connectivity index (χ3v) is 2.83. The average Bonchev–Trinajstić information content (AvgIpc) is 2.24. The number of carbonyl (C=O) groups is 1. The molecule has 0 radical (unpaired) electrons. The Morgan fingerprint density at radius 2 is 2.00 bits per heavy atom. The summed E-state index contributed by atoms with van der Waals surface area (Å²) in [4.78, 5) is 11.8. The number of unbranched alkanes of at least 4 members (excludes halogenated alkanes) is 2. The van der Waals surface area contributed by atoms with Gasteiger partial charge in [-0.25, -0.2) is 0 Å². The van der Waals surface area contributed by atoms with Crippen molar-refractivity contribution in [3.05, 3.63) is 0 Å². The maximum Gasteiger partial charge on any atom is 0.310 e. The highest BCUT2D eigenvalue weighted by atomic mass is 16.5. The summed E-state index contributed by atoms with van der Waals surface area (Å²) in [5.74, 6) is -0.533. The Morgan fingerprint density at radius 3 is 2.44 bits per heavy atom. The Morgan fingerprint density at radius 1 is 1.38 bits per heavy atom. The van der Waals surface area contributed by atoms with E-state index in [4.69, 9.17) is 10.00 Å². The molecule has 0 bridgehead atoms. The summed E-state index contributed by atoms with van der Waals surface area (Å²) in [7, 11) is 0. The molecule has 0 aliphatic carbocycles. The number of rotatable bonds is 7. The summed E-state index contributed by atoms with van der Waals surface area (Å²) in [5, 5.41) is 9.08. The molecule has 0 rings (SSSR count). The van der Waals surface area contributed by atoms with Crippen LogP contribution in [0, 0.1) is 22.7 Å². The molecule has 16 heavy (non-hydrogen) atoms. The van der Waals surface area contributed by atoms with Crippen LogP contribution in [-0.2, 0) is 9.53 Å². The molecule has 0 aliphatic rings. The Hall–Kier alpha value is -1.04. The smallest absolute Gasteiger partial charge is 0.310 e. The Labute approximate surface area is 98.8 Å². The zero-order valence-electron chi connectivity index (χ0n) is 10.9. The predicted octanol–water partition coefficient (Wildman–Crippen LogP) is 3.30. The molecule has 0 saturated heterocycles. The lowest BCUT2D eigenvalue weighted by Crippen LogP contribution is -2.31. The normalized spacial score (nSPS) is 12.9. The van der Waals surface area contributed by atoms with Crippen molar-refractivity contribution < 1.29 is 9.53 Å². The molecule has 0 saturated carbocycles. The fraction of sp³-hybridized carbons (Fsp3) is 0.846. The van der Waals surface area contributed by atoms with E-state index >= 15 is 0 Å². The molecule has 92 valence electrons. The van der Waals surface area contributed by atoms with Gasteiger partial charge in [0, 0.05) is 0 Å². The molecular formula is C13H23NO2. The van der Waals surface area contributed by atoms with Crippen molar-refractivity contribution in [1.29, 1.82) is 5.26 Å². The van der Waals surface area contributed by atoms with E-state index in [2.05, 4.69) is 13.0 Å². The second-order valence-corrected chi connectivity index (χ2v) is 4.63. The first-order valence-electron chi connectivity index (χ1n) is 6.07. The van der Waals surface area contributed by atoms with Gasteiger partial charge in [0.15, 0.2) is 0 Å². The Kier molecular flexibility index (Phi) is 6.80. The fourth-order valence-corrected chi connectivity index (χ4v) is 1.69. The van der Waals surface area contributed by atoms with Gasteiger partial charge < -0.3 is 4.74 Å². The molecule has 0 fully saturated rings. The average molecular weight is 225 g/mol. The minimum absolute atomic E-state index is 0.231. The van der Waals surface area contributed by atoms with Crippen LogP contribution in [-0.4, -0.2) is 12.6 Å². The lowest BCUT2D eigenvalue weighted by molar-refractivity contribution is -0.151. The van der Waals surface area contributed by atoms with Gasteiger partial charge in [-0.3, -0.25) is 4.79 Å². The monoisotopic (exact) mass is 225 g/mol. The topological polar surface area (TPSA) is 50.1 Å². The van der Waals surface area contributed by atoms with Gasteiger partial charge in [-0.05, 0) is 27.2 Å². The van der Waals surface area contributed by atoms with Gasteiger partial charge in [0.25, 0.3) is 0 Å². The molecule has 3 heteroatoms. The highest BCUT2D eigenvalue weighted by Gasteiger charge is 2.35. The number of nitrogens with zero attached hydrogens (tertiary/aromatic N) is 1. The van der Waals surface area contributed by atoms with Gasteiger partial charge in [0.2, 0.25) is 0 Å². The minimum Gasteiger partial charge on any atom is -0.466 e. The number of ether oxygens (including phenoxy) is 1. The molecule has 0 heterocycles. The molecule has 0 aromatic rings. The van der Waals surface area contributed by atoms with E-state index < -0.39 is 5.41 Å². The second-order valence-electron chi connectivity index (χ2n) is 4.63. The van der Waals surface area contributed by atoms with Crippen LogP contribution in [0.3, 0.4) is 0 Å². The number of carbonyl (C=O) groups excluding carboxylic acids is 1. The van der Waals surface area contributed by atoms with Gasteiger partial charge in [0.05, 0.1) is 24.0 Å². The predicted molar refractivity (Wildman–Crippen MR) is 63.7 cm³/mol. The molecule has 0 amide bonds. The maximum absolute atomic E-state index is 11.8. The van der Waals surface area contributed by atoms with Crippen LogP contribution in [0.15, 0.2) is 0 Å². The van der Waals surface area contributed by atoms with Crippen molar-refractivity contribution in [2.75, 3.05) is 6.61 Å². The highest BCUT2D eigenvalue weighted by molar-refractivity contribution is 5.73. The van der Waals surface area contributed by atoms with Gasteiger partial charge in [-0.2, -0.15) is 5.26 Å². The van der Waals surface area contributed by atoms with Crippen molar-refractivity contribution in [2.24, 2.45) is 11.3 Å². The quantitative estimate of drug-likeness (QED) is 0.493. The molecule has 0 aliphatic heterocycles. The van der Waals surface area contributed by atoms with E-state index in [-0.39, 0.29) is 11.9 Å². The first-order chi connectivity index (χ1) is 7.49. The van der Waals surface area contributed by atoms with E-state index in [9.17, 15) is 4.79 Å².